The highest BCUT2D eigenvalue weighted by Crippen LogP contribution is 2.32. The smallest absolute Gasteiger partial charge is 0.341 e. The first-order valence-electron chi connectivity index (χ1n) is 18.6. The zero-order valence-electron chi connectivity index (χ0n) is 30.6. The Morgan fingerprint density at radius 2 is 1.38 bits per heavy atom. The van der Waals surface area contributed by atoms with E-state index >= 15 is 0 Å². The number of H-pyrrole nitrogens is 1. The molecule has 50 heavy (non-hydrogen) atoms. The number of esters is 2. The summed E-state index contributed by atoms with van der Waals surface area (Å²) < 4.78 is 18.4. The van der Waals surface area contributed by atoms with Crippen molar-refractivity contribution in [2.75, 3.05) is 30.5 Å². The SMILES string of the molecule is CCOC(=O)c1cnc2[nH]ccc2c1NC1CCCCC1.CCOC(=O)c1cnc2c(ccn2COCC[Si](C)(C)C)c1NC1CCCCC1. The van der Waals surface area contributed by atoms with E-state index in [-0.39, 0.29) is 11.9 Å². The standard InChI is InChI=1S/C22H35N3O3Si.C16H21N3O2/c1-5-28-22(26)19-15-23-21-18(20(19)24-17-9-7-6-8-10-17)11-12-25(21)16-27-13-14-29(2,3)4;1-2-21-16(20)13-10-18-15-12(8-9-17-15)14(13)19-11-6-4-3-5-7-11/h11-12,15,17H,5-10,13-14,16H2,1-4H3,(H,23,24);8-11H,2-7H2,1H3,(H2,17,18,19). The number of rotatable bonds is 13. The van der Waals surface area contributed by atoms with E-state index in [0.717, 1.165) is 71.8 Å². The average Bonchev–Trinajstić information content (AvgIpc) is 3.76. The molecule has 272 valence electrons. The lowest BCUT2D eigenvalue weighted by atomic mass is 9.95. The summed E-state index contributed by atoms with van der Waals surface area (Å²) in [5, 5.41) is 9.10. The molecule has 12 heteroatoms. The van der Waals surface area contributed by atoms with Gasteiger partial charge in [-0.1, -0.05) is 58.2 Å². The number of hydrogen-bond donors (Lipinski definition) is 3. The van der Waals surface area contributed by atoms with Gasteiger partial charge in [0.15, 0.2) is 0 Å². The maximum absolute atomic E-state index is 12.5. The van der Waals surface area contributed by atoms with Gasteiger partial charge in [0.1, 0.15) is 29.2 Å². The van der Waals surface area contributed by atoms with E-state index in [2.05, 4.69) is 45.2 Å². The quantitative estimate of drug-likeness (QED) is 0.0710. The number of fused-ring (bicyclic) bond motifs is 2. The van der Waals surface area contributed by atoms with Crippen molar-refractivity contribution in [3.05, 3.63) is 48.0 Å². The third-order valence-corrected chi connectivity index (χ3v) is 11.2. The Hall–Kier alpha value is -3.90. The van der Waals surface area contributed by atoms with Gasteiger partial charge in [0.2, 0.25) is 0 Å². The normalized spacial score (nSPS) is 15.8. The Bertz CT molecular complexity index is 1700. The molecule has 4 aromatic heterocycles. The fraction of sp³-hybridized carbons (Fsp3) is 0.579. The summed E-state index contributed by atoms with van der Waals surface area (Å²) in [5.74, 6) is -0.634. The summed E-state index contributed by atoms with van der Waals surface area (Å²) in [5.41, 5.74) is 4.37. The van der Waals surface area contributed by atoms with Crippen molar-refractivity contribution in [2.45, 2.75) is 123 Å². The van der Waals surface area contributed by atoms with Gasteiger partial charge in [-0.25, -0.2) is 19.6 Å². The number of anilines is 2. The molecule has 0 amide bonds. The molecule has 0 bridgehead atoms. The summed E-state index contributed by atoms with van der Waals surface area (Å²) in [7, 11) is -1.11. The van der Waals surface area contributed by atoms with E-state index in [1.165, 1.54) is 38.5 Å². The monoisotopic (exact) mass is 704 g/mol. The molecule has 4 heterocycles. The first-order chi connectivity index (χ1) is 24.2. The molecule has 0 aromatic carbocycles. The van der Waals surface area contributed by atoms with Gasteiger partial charge >= 0.3 is 11.9 Å². The minimum absolute atomic E-state index is 0.314. The Kier molecular flexibility index (Phi) is 13.3. The van der Waals surface area contributed by atoms with Crippen molar-refractivity contribution in [3.8, 4) is 0 Å². The van der Waals surface area contributed by atoms with Crippen LogP contribution in [-0.4, -0.2) is 71.4 Å². The maximum atomic E-state index is 12.5. The lowest BCUT2D eigenvalue weighted by Crippen LogP contribution is -2.24. The Balaban J connectivity index is 0.000000204. The van der Waals surface area contributed by atoms with Gasteiger partial charge < -0.3 is 34.4 Å². The van der Waals surface area contributed by atoms with E-state index in [1.807, 2.05) is 42.9 Å². The van der Waals surface area contributed by atoms with Crippen LogP contribution in [0.5, 0.6) is 0 Å². The lowest BCUT2D eigenvalue weighted by Gasteiger charge is -2.25. The first-order valence-corrected chi connectivity index (χ1v) is 22.3. The lowest BCUT2D eigenvalue weighted by molar-refractivity contribution is 0.0517. The first kappa shape index (κ1) is 37.4. The second-order valence-corrected chi connectivity index (χ2v) is 20.2. The van der Waals surface area contributed by atoms with Crippen LogP contribution in [0.2, 0.25) is 25.7 Å². The van der Waals surface area contributed by atoms with Crippen molar-refractivity contribution in [3.63, 3.8) is 0 Å². The van der Waals surface area contributed by atoms with Crippen LogP contribution < -0.4 is 10.6 Å². The summed E-state index contributed by atoms with van der Waals surface area (Å²) >= 11 is 0. The van der Waals surface area contributed by atoms with Gasteiger partial charge in [-0.2, -0.15) is 0 Å². The number of nitrogens with one attached hydrogen (secondary N) is 3. The summed E-state index contributed by atoms with van der Waals surface area (Å²) in [6.07, 6.45) is 19.2. The second kappa shape index (κ2) is 17.8. The highest BCUT2D eigenvalue weighted by Gasteiger charge is 2.23. The fourth-order valence-corrected chi connectivity index (χ4v) is 7.49. The van der Waals surface area contributed by atoms with Gasteiger partial charge in [0, 0.05) is 62.3 Å². The average molecular weight is 705 g/mol. The summed E-state index contributed by atoms with van der Waals surface area (Å²) in [4.78, 5) is 36.7. The summed E-state index contributed by atoms with van der Waals surface area (Å²) in [6, 6.07) is 5.93. The molecule has 0 atom stereocenters. The topological polar surface area (TPSA) is 132 Å². The largest absolute Gasteiger partial charge is 0.462 e. The van der Waals surface area contributed by atoms with E-state index in [0.29, 0.717) is 43.2 Å². The predicted molar refractivity (Wildman–Crippen MR) is 203 cm³/mol. The molecule has 2 fully saturated rings. The Morgan fingerprint density at radius 3 is 1.94 bits per heavy atom. The van der Waals surface area contributed by atoms with Crippen molar-refractivity contribution >= 4 is 53.5 Å². The number of ether oxygens (including phenoxy) is 3. The summed E-state index contributed by atoms with van der Waals surface area (Å²) in [6.45, 7) is 12.7. The van der Waals surface area contributed by atoms with E-state index < -0.39 is 8.07 Å². The van der Waals surface area contributed by atoms with Gasteiger partial charge in [-0.15, -0.1) is 0 Å². The molecule has 0 spiro atoms. The van der Waals surface area contributed by atoms with Crippen LogP contribution in [0.25, 0.3) is 22.1 Å². The third-order valence-electron chi connectivity index (χ3n) is 9.50. The molecule has 2 saturated carbocycles. The van der Waals surface area contributed by atoms with Gasteiger partial charge in [-0.3, -0.25) is 0 Å². The molecular weight excluding hydrogens is 649 g/mol. The molecule has 6 rings (SSSR count). The molecule has 0 aliphatic heterocycles. The van der Waals surface area contributed by atoms with Crippen molar-refractivity contribution < 1.29 is 23.8 Å². The number of hydrogen-bond acceptors (Lipinski definition) is 9. The molecule has 0 unspecified atom stereocenters. The predicted octanol–water partition coefficient (Wildman–Crippen LogP) is 8.75. The molecular formula is C38H56N6O5Si. The minimum Gasteiger partial charge on any atom is -0.462 e. The van der Waals surface area contributed by atoms with Crippen LogP contribution in [0.4, 0.5) is 11.4 Å². The van der Waals surface area contributed by atoms with Crippen LogP contribution in [-0.2, 0) is 20.9 Å². The molecule has 0 radical (unpaired) electrons. The van der Waals surface area contributed by atoms with Crippen LogP contribution in [0.1, 0.15) is 98.8 Å². The number of pyridine rings is 2. The second-order valence-electron chi connectivity index (χ2n) is 14.6. The van der Waals surface area contributed by atoms with Crippen LogP contribution >= 0.6 is 0 Å². The number of nitrogens with zero attached hydrogens (tertiary/aromatic N) is 3. The minimum atomic E-state index is -1.11. The van der Waals surface area contributed by atoms with Crippen LogP contribution in [0, 0.1) is 0 Å². The van der Waals surface area contributed by atoms with E-state index in [1.54, 1.807) is 12.4 Å². The van der Waals surface area contributed by atoms with Crippen molar-refractivity contribution in [1.82, 2.24) is 19.5 Å². The fourth-order valence-electron chi connectivity index (χ4n) is 6.73. The van der Waals surface area contributed by atoms with E-state index in [9.17, 15) is 9.59 Å². The number of aromatic nitrogens is 4. The van der Waals surface area contributed by atoms with Crippen LogP contribution in [0.15, 0.2) is 36.9 Å². The molecule has 3 N–H and O–H groups in total. The molecule has 11 nitrogen and oxygen atoms in total. The number of carbonyl (C=O) groups is 2. The van der Waals surface area contributed by atoms with Gasteiger partial charge in [0.25, 0.3) is 0 Å². The van der Waals surface area contributed by atoms with Crippen molar-refractivity contribution in [1.29, 1.82) is 0 Å². The Morgan fingerprint density at radius 1 is 0.820 bits per heavy atom. The van der Waals surface area contributed by atoms with Gasteiger partial charge in [-0.05, 0) is 57.7 Å². The van der Waals surface area contributed by atoms with E-state index in [4.69, 9.17) is 14.2 Å². The molecule has 4 aromatic rings. The zero-order chi connectivity index (χ0) is 35.5. The third kappa shape index (κ3) is 9.87. The molecule has 0 saturated heterocycles. The molecule has 2 aliphatic carbocycles. The number of aromatic amines is 1. The maximum Gasteiger partial charge on any atom is 0.341 e. The number of carbonyl (C=O) groups excluding carboxylic acids is 2. The highest BCUT2D eigenvalue weighted by atomic mass is 28.3. The van der Waals surface area contributed by atoms with Crippen LogP contribution in [0.3, 0.4) is 0 Å². The van der Waals surface area contributed by atoms with Gasteiger partial charge in [0.05, 0.1) is 24.6 Å². The zero-order valence-corrected chi connectivity index (χ0v) is 31.6. The van der Waals surface area contributed by atoms with Crippen molar-refractivity contribution in [2.24, 2.45) is 0 Å². The highest BCUT2D eigenvalue weighted by molar-refractivity contribution is 6.76. The molecule has 2 aliphatic rings. The Labute approximate surface area is 297 Å².